The highest BCUT2D eigenvalue weighted by Gasteiger charge is 2.38. The molecule has 62 heavy (non-hydrogen) atoms. The van der Waals surface area contributed by atoms with Crippen LogP contribution in [0.1, 0.15) is 72.8 Å². The zero-order chi connectivity index (χ0) is 44.2. The third-order valence-corrected chi connectivity index (χ3v) is 10.4. The van der Waals surface area contributed by atoms with E-state index in [4.69, 9.17) is 10.00 Å². The van der Waals surface area contributed by atoms with Crippen LogP contribution in [0.3, 0.4) is 0 Å². The highest BCUT2D eigenvalue weighted by Crippen LogP contribution is 2.46. The van der Waals surface area contributed by atoms with Gasteiger partial charge in [0.05, 0.1) is 40.2 Å². The second-order valence-corrected chi connectivity index (χ2v) is 15.0. The summed E-state index contributed by atoms with van der Waals surface area (Å²) in [4.78, 5) is 42.5. The number of amides is 2. The van der Waals surface area contributed by atoms with Gasteiger partial charge in [-0.25, -0.2) is 14.5 Å². The average molecular weight is 853 g/mol. The van der Waals surface area contributed by atoms with E-state index in [1.807, 2.05) is 12.1 Å². The molecule has 3 heterocycles. The molecule has 15 nitrogen and oxygen atoms in total. The highest BCUT2D eigenvalue weighted by molar-refractivity contribution is 5.98. The molecule has 3 atom stereocenters. The van der Waals surface area contributed by atoms with Crippen molar-refractivity contribution in [3.63, 3.8) is 0 Å². The summed E-state index contributed by atoms with van der Waals surface area (Å²) in [5.74, 6) is -1.26. The van der Waals surface area contributed by atoms with Gasteiger partial charge in [0.2, 0.25) is 5.91 Å². The molecule has 0 spiro atoms. The number of aromatic nitrogens is 5. The summed E-state index contributed by atoms with van der Waals surface area (Å²) in [7, 11) is 1.76. The summed E-state index contributed by atoms with van der Waals surface area (Å²) < 4.78 is 61.7. The maximum atomic E-state index is 14.6. The number of nitrogens with zero attached hydrogens (tertiary/aromatic N) is 5. The molecule has 7 rings (SSSR count). The lowest BCUT2D eigenvalue weighted by Gasteiger charge is -2.33. The Hall–Kier alpha value is -7.33. The molecule has 1 aliphatic rings. The van der Waals surface area contributed by atoms with Crippen LogP contribution in [-0.4, -0.2) is 60.6 Å². The predicted molar refractivity (Wildman–Crippen MR) is 221 cm³/mol. The van der Waals surface area contributed by atoms with Gasteiger partial charge in [-0.1, -0.05) is 18.6 Å². The number of nitrogens with one attached hydrogen (secondary N) is 5. The molecule has 0 aliphatic carbocycles. The third kappa shape index (κ3) is 9.50. The molecule has 0 bridgehead atoms. The van der Waals surface area contributed by atoms with E-state index in [9.17, 15) is 37.1 Å². The van der Waals surface area contributed by atoms with Crippen LogP contribution in [-0.2, 0) is 22.8 Å². The maximum Gasteiger partial charge on any atom is 0.417 e. The third-order valence-electron chi connectivity index (χ3n) is 10.4. The molecule has 0 saturated heterocycles. The highest BCUT2D eigenvalue weighted by atomic mass is 19.4. The summed E-state index contributed by atoms with van der Waals surface area (Å²) in [5.41, 5.74) is -1.48. The fraction of sp³-hybridized carbons (Fsp3) is 0.279. The van der Waals surface area contributed by atoms with Crippen molar-refractivity contribution in [3.05, 3.63) is 130 Å². The topological polar surface area (TPSA) is 212 Å². The van der Waals surface area contributed by atoms with Crippen LogP contribution in [0.25, 0.3) is 10.8 Å². The van der Waals surface area contributed by atoms with E-state index in [1.165, 1.54) is 24.5 Å². The van der Waals surface area contributed by atoms with Crippen molar-refractivity contribution >= 4 is 45.3 Å². The van der Waals surface area contributed by atoms with Gasteiger partial charge in [-0.3, -0.25) is 19.1 Å². The molecule has 320 valence electrons. The van der Waals surface area contributed by atoms with Gasteiger partial charge in [-0.15, -0.1) is 0 Å². The quantitative estimate of drug-likeness (QED) is 0.0469. The van der Waals surface area contributed by atoms with Crippen LogP contribution in [0.2, 0.25) is 0 Å². The van der Waals surface area contributed by atoms with Gasteiger partial charge in [0.25, 0.3) is 11.5 Å². The van der Waals surface area contributed by atoms with Crippen molar-refractivity contribution in [2.45, 2.75) is 56.3 Å². The van der Waals surface area contributed by atoms with E-state index in [-0.39, 0.29) is 17.0 Å². The summed E-state index contributed by atoms with van der Waals surface area (Å²) in [6, 6.07) is 20.3. The number of rotatable bonds is 15. The minimum atomic E-state index is -4.81. The first-order valence-electron chi connectivity index (χ1n) is 19.5. The average Bonchev–Trinajstić information content (AvgIpc) is 3.67. The van der Waals surface area contributed by atoms with Crippen LogP contribution in [0, 0.1) is 17.1 Å². The van der Waals surface area contributed by atoms with Crippen molar-refractivity contribution in [2.75, 3.05) is 34.4 Å². The number of carbonyl (C=O) groups is 2. The Kier molecular flexibility index (Phi) is 12.2. The Bertz CT molecular complexity index is 2710. The van der Waals surface area contributed by atoms with Crippen molar-refractivity contribution in [1.82, 2.24) is 25.0 Å². The van der Waals surface area contributed by atoms with Crippen molar-refractivity contribution in [3.8, 4) is 11.8 Å². The van der Waals surface area contributed by atoms with Crippen LogP contribution in [0.15, 0.2) is 90.0 Å². The van der Waals surface area contributed by atoms with E-state index in [1.54, 1.807) is 48.1 Å². The number of hydrogen-bond acceptors (Lipinski definition) is 11. The van der Waals surface area contributed by atoms with E-state index in [0.29, 0.717) is 59.5 Å². The van der Waals surface area contributed by atoms with Gasteiger partial charge in [-0.05, 0) is 92.1 Å². The number of halogens is 4. The number of carbonyl (C=O) groups excluding carboxylic acids is 2. The van der Waals surface area contributed by atoms with E-state index in [2.05, 4.69) is 41.5 Å². The molecular weight excluding hydrogens is 813 g/mol. The number of alkyl halides is 3. The number of aliphatic hydroxyl groups is 1. The number of H-pyrrole nitrogens is 1. The lowest BCUT2D eigenvalue weighted by atomic mass is 9.83. The Morgan fingerprint density at radius 3 is 2.39 bits per heavy atom. The van der Waals surface area contributed by atoms with Gasteiger partial charge >= 0.3 is 6.18 Å². The fourth-order valence-electron chi connectivity index (χ4n) is 7.17. The van der Waals surface area contributed by atoms with E-state index >= 15 is 0 Å². The summed E-state index contributed by atoms with van der Waals surface area (Å²) in [5, 5.41) is 43.3. The maximum absolute atomic E-state index is 14.6. The molecule has 0 fully saturated rings. The Balaban J connectivity index is 0.844. The molecule has 0 radical (unpaired) electrons. The van der Waals surface area contributed by atoms with Crippen LogP contribution in [0.5, 0.6) is 5.75 Å². The molecule has 2 aromatic heterocycles. The second kappa shape index (κ2) is 17.7. The fourth-order valence-corrected chi connectivity index (χ4v) is 7.17. The molecule has 4 aromatic carbocycles. The number of benzene rings is 4. The largest absolute Gasteiger partial charge is 0.490 e. The number of anilines is 4. The smallest absolute Gasteiger partial charge is 0.417 e. The number of ether oxygens (including phenoxy) is 1. The van der Waals surface area contributed by atoms with Crippen LogP contribution < -0.4 is 31.6 Å². The van der Waals surface area contributed by atoms with E-state index < -0.39 is 58.8 Å². The zero-order valence-electron chi connectivity index (χ0n) is 33.3. The first-order valence-corrected chi connectivity index (χ1v) is 19.5. The number of nitriles is 1. The molecule has 0 saturated carbocycles. The SMILES string of the molecule is Cn1ncnc1[C@H]1c2n[nH]c(=O)c3cc(F)cc(c23)N[C@@H]1c1ccc(NC(=O)CCCCCNc2ccc(OC[C@](C)(O)C(=O)Nc3ccc(C#N)c(C(F)(F)F)c3)cc2)cc1. The van der Waals surface area contributed by atoms with Crippen LogP contribution in [0.4, 0.5) is 40.3 Å². The van der Waals surface area contributed by atoms with Gasteiger partial charge in [0.1, 0.15) is 30.3 Å². The molecular formula is C43H40F4N10O5. The number of aryl methyl sites for hydroxylation is 1. The Labute approximate surface area is 351 Å². The Morgan fingerprint density at radius 2 is 1.69 bits per heavy atom. The monoisotopic (exact) mass is 852 g/mol. The summed E-state index contributed by atoms with van der Waals surface area (Å²) in [6.45, 7) is 1.30. The molecule has 6 aromatic rings. The summed E-state index contributed by atoms with van der Waals surface area (Å²) >= 11 is 0. The number of aromatic amines is 1. The van der Waals surface area contributed by atoms with Gasteiger partial charge in [-0.2, -0.15) is 28.6 Å². The minimum absolute atomic E-state index is 0.139. The molecule has 0 unspecified atom stereocenters. The number of unbranched alkanes of at least 4 members (excludes halogenated alkanes) is 2. The molecule has 2 amide bonds. The Morgan fingerprint density at radius 1 is 0.968 bits per heavy atom. The molecule has 1 aliphatic heterocycles. The second-order valence-electron chi connectivity index (χ2n) is 15.0. The number of hydrogen-bond donors (Lipinski definition) is 6. The van der Waals surface area contributed by atoms with Gasteiger partial charge in [0.15, 0.2) is 5.60 Å². The lowest BCUT2D eigenvalue weighted by Crippen LogP contribution is -2.45. The van der Waals surface area contributed by atoms with Crippen molar-refractivity contribution in [1.29, 1.82) is 5.26 Å². The lowest BCUT2D eigenvalue weighted by molar-refractivity contribution is -0.138. The summed E-state index contributed by atoms with van der Waals surface area (Å²) in [6.07, 6.45) is -0.845. The van der Waals surface area contributed by atoms with Gasteiger partial charge in [0, 0.05) is 48.1 Å². The zero-order valence-corrected chi connectivity index (χ0v) is 33.3. The minimum Gasteiger partial charge on any atom is -0.490 e. The van der Waals surface area contributed by atoms with Gasteiger partial charge < -0.3 is 31.1 Å². The standard InChI is InChI=1S/C43H40F4N10O5/c1-42(61,41(60)53-29-12-9-25(21-48)32(20-29)43(45,46)47)22-62-30-15-13-27(14-16-30)49-17-5-3-4-6-34(58)52-28-10-7-24(8-11-28)37-36(39-50-23-51-57(39)2)38-35-31(40(59)56-55-38)18-26(44)19-33(35)54-37/h7-16,18-20,23,36-37,49,54,61H,3-6,17,22H2,1-2H3,(H,52,58)(H,53,60)(H,56,59)/t36-,37-,42+/m1/s1. The van der Waals surface area contributed by atoms with E-state index in [0.717, 1.165) is 43.1 Å². The predicted octanol–water partition coefficient (Wildman–Crippen LogP) is 6.76. The first-order chi connectivity index (χ1) is 29.6. The van der Waals surface area contributed by atoms with Crippen molar-refractivity contribution < 1.29 is 37.0 Å². The normalized spacial score (nSPS) is 15.5. The van der Waals surface area contributed by atoms with Crippen LogP contribution >= 0.6 is 0 Å². The molecule has 6 N–H and O–H groups in total. The first kappa shape index (κ1) is 42.8. The van der Waals surface area contributed by atoms with Crippen molar-refractivity contribution in [2.24, 2.45) is 7.05 Å². The molecule has 19 heteroatoms.